The molecular formula is C18H15N3O6. The first-order valence-electron chi connectivity index (χ1n) is 8.15. The van der Waals surface area contributed by atoms with E-state index in [4.69, 9.17) is 14.2 Å². The van der Waals surface area contributed by atoms with Crippen LogP contribution in [0.2, 0.25) is 0 Å². The second-order valence-electron chi connectivity index (χ2n) is 5.87. The number of benzene rings is 2. The van der Waals surface area contributed by atoms with Crippen molar-refractivity contribution in [3.05, 3.63) is 48.0 Å². The summed E-state index contributed by atoms with van der Waals surface area (Å²) in [5.74, 6) is -0.0221. The molecule has 9 heteroatoms. The van der Waals surface area contributed by atoms with Gasteiger partial charge in [0.15, 0.2) is 17.6 Å². The van der Waals surface area contributed by atoms with Gasteiger partial charge in [-0.15, -0.1) is 0 Å². The number of hydrogen-bond donors (Lipinski definition) is 3. The SMILES string of the molecule is O=C(C[C@@H]1Oc2ccccc2NC1=O)NNC(=O)c1ccc2c(c1)OCO2. The molecule has 2 aliphatic rings. The fourth-order valence-electron chi connectivity index (χ4n) is 2.68. The van der Waals surface area contributed by atoms with Crippen LogP contribution in [-0.4, -0.2) is 30.6 Å². The minimum atomic E-state index is -0.984. The fourth-order valence-corrected chi connectivity index (χ4v) is 2.68. The molecule has 3 amide bonds. The molecule has 1 atom stereocenters. The van der Waals surface area contributed by atoms with Crippen LogP contribution >= 0.6 is 0 Å². The van der Waals surface area contributed by atoms with E-state index in [0.29, 0.717) is 28.5 Å². The normalized spacial score (nSPS) is 16.6. The first-order valence-corrected chi connectivity index (χ1v) is 8.15. The monoisotopic (exact) mass is 369 g/mol. The molecule has 3 N–H and O–H groups in total. The molecule has 2 aromatic carbocycles. The molecule has 2 heterocycles. The third-order valence-electron chi connectivity index (χ3n) is 4.03. The van der Waals surface area contributed by atoms with Crippen molar-refractivity contribution in [2.45, 2.75) is 12.5 Å². The van der Waals surface area contributed by atoms with Crippen molar-refractivity contribution in [3.63, 3.8) is 0 Å². The summed E-state index contributed by atoms with van der Waals surface area (Å²) >= 11 is 0. The lowest BCUT2D eigenvalue weighted by Crippen LogP contribution is -2.46. The van der Waals surface area contributed by atoms with Crippen molar-refractivity contribution in [1.82, 2.24) is 10.9 Å². The van der Waals surface area contributed by atoms with E-state index < -0.39 is 23.8 Å². The molecule has 0 bridgehead atoms. The zero-order valence-corrected chi connectivity index (χ0v) is 14.0. The van der Waals surface area contributed by atoms with Gasteiger partial charge in [0.2, 0.25) is 12.7 Å². The van der Waals surface area contributed by atoms with Crippen molar-refractivity contribution in [1.29, 1.82) is 0 Å². The van der Waals surface area contributed by atoms with Gasteiger partial charge in [-0.1, -0.05) is 12.1 Å². The lowest BCUT2D eigenvalue weighted by Gasteiger charge is -2.25. The van der Waals surface area contributed by atoms with Crippen LogP contribution in [0.5, 0.6) is 17.2 Å². The van der Waals surface area contributed by atoms with Gasteiger partial charge in [0.05, 0.1) is 12.1 Å². The van der Waals surface area contributed by atoms with E-state index in [0.717, 1.165) is 0 Å². The second kappa shape index (κ2) is 6.87. The number of carbonyl (C=O) groups excluding carboxylic acids is 3. The number of fused-ring (bicyclic) bond motifs is 2. The van der Waals surface area contributed by atoms with Crippen molar-refractivity contribution >= 4 is 23.4 Å². The molecule has 0 unspecified atom stereocenters. The Bertz CT molecular complexity index is 929. The molecule has 4 rings (SSSR count). The third-order valence-corrected chi connectivity index (χ3v) is 4.03. The Morgan fingerprint density at radius 2 is 1.85 bits per heavy atom. The molecule has 0 saturated heterocycles. The lowest BCUT2D eigenvalue weighted by atomic mass is 10.1. The standard InChI is InChI=1S/C18H15N3O6/c22-16(8-15-18(24)19-11-3-1-2-4-12(11)27-15)20-21-17(23)10-5-6-13-14(7-10)26-9-25-13/h1-7,15H,8-9H2,(H,19,24)(H,20,22)(H,21,23)/t15-/m0/s1. The lowest BCUT2D eigenvalue weighted by molar-refractivity contribution is -0.130. The van der Waals surface area contributed by atoms with E-state index in [1.165, 1.54) is 6.07 Å². The van der Waals surface area contributed by atoms with E-state index in [-0.39, 0.29) is 13.2 Å². The van der Waals surface area contributed by atoms with E-state index in [2.05, 4.69) is 16.2 Å². The average Bonchev–Trinajstić information content (AvgIpc) is 3.14. The maximum Gasteiger partial charge on any atom is 0.269 e. The highest BCUT2D eigenvalue weighted by molar-refractivity contribution is 6.00. The minimum Gasteiger partial charge on any atom is -0.478 e. The number of carbonyl (C=O) groups is 3. The zero-order chi connectivity index (χ0) is 18.8. The van der Waals surface area contributed by atoms with Gasteiger partial charge in [-0.05, 0) is 30.3 Å². The Kier molecular flexibility index (Phi) is 4.25. The molecule has 2 aliphatic heterocycles. The Balaban J connectivity index is 1.32. The Morgan fingerprint density at radius 1 is 1.04 bits per heavy atom. The predicted octanol–water partition coefficient (Wildman–Crippen LogP) is 0.966. The van der Waals surface area contributed by atoms with Crippen LogP contribution in [0.1, 0.15) is 16.8 Å². The molecule has 27 heavy (non-hydrogen) atoms. The second-order valence-corrected chi connectivity index (χ2v) is 5.87. The quantitative estimate of drug-likeness (QED) is 0.695. The van der Waals surface area contributed by atoms with Gasteiger partial charge in [0, 0.05) is 5.56 Å². The largest absolute Gasteiger partial charge is 0.478 e. The highest BCUT2D eigenvalue weighted by Gasteiger charge is 2.29. The number of rotatable bonds is 3. The Morgan fingerprint density at radius 3 is 2.74 bits per heavy atom. The van der Waals surface area contributed by atoms with Crippen LogP contribution in [0, 0.1) is 0 Å². The van der Waals surface area contributed by atoms with Gasteiger partial charge in [-0.25, -0.2) is 0 Å². The number of para-hydroxylation sites is 2. The molecule has 2 aromatic rings. The highest BCUT2D eigenvalue weighted by Crippen LogP contribution is 2.32. The first-order chi connectivity index (χ1) is 13.1. The first kappa shape index (κ1) is 16.7. The van der Waals surface area contributed by atoms with Crippen molar-refractivity contribution in [2.75, 3.05) is 12.1 Å². The summed E-state index contributed by atoms with van der Waals surface area (Å²) in [4.78, 5) is 36.2. The summed E-state index contributed by atoms with van der Waals surface area (Å²) in [6.07, 6.45) is -1.23. The summed E-state index contributed by atoms with van der Waals surface area (Å²) < 4.78 is 15.9. The predicted molar refractivity (Wildman–Crippen MR) is 92.3 cm³/mol. The Labute approximate surface area is 153 Å². The summed E-state index contributed by atoms with van der Waals surface area (Å²) in [6, 6.07) is 11.6. The smallest absolute Gasteiger partial charge is 0.269 e. The van der Waals surface area contributed by atoms with E-state index in [9.17, 15) is 14.4 Å². The molecule has 0 spiro atoms. The molecule has 9 nitrogen and oxygen atoms in total. The average molecular weight is 369 g/mol. The number of hydrogen-bond acceptors (Lipinski definition) is 6. The van der Waals surface area contributed by atoms with Crippen molar-refractivity contribution in [2.24, 2.45) is 0 Å². The van der Waals surface area contributed by atoms with E-state index in [1.54, 1.807) is 36.4 Å². The number of anilines is 1. The minimum absolute atomic E-state index is 0.101. The maximum absolute atomic E-state index is 12.1. The summed E-state index contributed by atoms with van der Waals surface area (Å²) in [6.45, 7) is 0.101. The molecule has 0 saturated carbocycles. The van der Waals surface area contributed by atoms with Gasteiger partial charge < -0.3 is 19.5 Å². The van der Waals surface area contributed by atoms with Crippen molar-refractivity contribution < 1.29 is 28.6 Å². The fraction of sp³-hybridized carbons (Fsp3) is 0.167. The van der Waals surface area contributed by atoms with Crippen molar-refractivity contribution in [3.8, 4) is 17.2 Å². The number of hydrazine groups is 1. The Hall–Kier alpha value is -3.75. The summed E-state index contributed by atoms with van der Waals surface area (Å²) in [5, 5.41) is 2.67. The third kappa shape index (κ3) is 3.47. The summed E-state index contributed by atoms with van der Waals surface area (Å²) in [5.41, 5.74) is 5.40. The van der Waals surface area contributed by atoms with E-state index in [1.807, 2.05) is 0 Å². The van der Waals surface area contributed by atoms with Crippen LogP contribution in [0.25, 0.3) is 0 Å². The van der Waals surface area contributed by atoms with Crippen LogP contribution in [0.3, 0.4) is 0 Å². The number of amides is 3. The zero-order valence-electron chi connectivity index (χ0n) is 14.0. The van der Waals surface area contributed by atoms with Crippen LogP contribution in [0.15, 0.2) is 42.5 Å². The molecule has 0 fully saturated rings. The topological polar surface area (TPSA) is 115 Å². The van der Waals surface area contributed by atoms with E-state index >= 15 is 0 Å². The molecule has 0 aromatic heterocycles. The van der Waals surface area contributed by atoms with Gasteiger partial charge in [-0.3, -0.25) is 25.2 Å². The van der Waals surface area contributed by atoms with Gasteiger partial charge in [-0.2, -0.15) is 0 Å². The van der Waals surface area contributed by atoms with Gasteiger partial charge >= 0.3 is 0 Å². The van der Waals surface area contributed by atoms with Gasteiger partial charge in [0.25, 0.3) is 11.8 Å². The molecule has 138 valence electrons. The summed E-state index contributed by atoms with van der Waals surface area (Å²) in [7, 11) is 0. The highest BCUT2D eigenvalue weighted by atomic mass is 16.7. The number of nitrogens with one attached hydrogen (secondary N) is 3. The molecular weight excluding hydrogens is 354 g/mol. The van der Waals surface area contributed by atoms with Gasteiger partial charge in [0.1, 0.15) is 5.75 Å². The van der Waals surface area contributed by atoms with Crippen LogP contribution in [0.4, 0.5) is 5.69 Å². The number of ether oxygens (including phenoxy) is 3. The maximum atomic E-state index is 12.1. The molecule has 0 radical (unpaired) electrons. The van der Waals surface area contributed by atoms with Crippen LogP contribution < -0.4 is 30.4 Å². The van der Waals surface area contributed by atoms with Crippen LogP contribution in [-0.2, 0) is 9.59 Å². The molecule has 0 aliphatic carbocycles.